The van der Waals surface area contributed by atoms with Crippen LogP contribution in [0.4, 0.5) is 5.69 Å². The Kier molecular flexibility index (Phi) is 5.65. The first-order valence-corrected chi connectivity index (χ1v) is 7.50. The topological polar surface area (TPSA) is 90.7 Å². The van der Waals surface area contributed by atoms with E-state index >= 15 is 0 Å². The van der Waals surface area contributed by atoms with E-state index < -0.39 is 17.9 Å². The number of amides is 2. The Balaban J connectivity index is 2.14. The molecule has 126 valence electrons. The number of anilines is 1. The number of primary amides is 1. The van der Waals surface area contributed by atoms with Crippen molar-refractivity contribution in [3.63, 3.8) is 0 Å². The molecule has 6 nitrogen and oxygen atoms in total. The molecule has 2 rings (SSSR count). The molecule has 0 fully saturated rings. The van der Waals surface area contributed by atoms with Crippen LogP contribution in [-0.4, -0.2) is 25.0 Å². The number of benzene rings is 2. The Morgan fingerprint density at radius 2 is 1.88 bits per heavy atom. The van der Waals surface area contributed by atoms with E-state index in [1.807, 2.05) is 0 Å². The lowest BCUT2D eigenvalue weighted by atomic mass is 10.2. The van der Waals surface area contributed by atoms with Gasteiger partial charge >= 0.3 is 0 Å². The zero-order valence-corrected chi connectivity index (χ0v) is 14.0. The van der Waals surface area contributed by atoms with E-state index in [1.54, 1.807) is 37.3 Å². The van der Waals surface area contributed by atoms with Crippen molar-refractivity contribution < 1.29 is 19.1 Å². The Hall–Kier alpha value is -2.73. The monoisotopic (exact) mass is 348 g/mol. The van der Waals surface area contributed by atoms with Crippen LogP contribution in [0.1, 0.15) is 17.3 Å². The molecule has 0 saturated carbocycles. The lowest BCUT2D eigenvalue weighted by Crippen LogP contribution is -2.31. The van der Waals surface area contributed by atoms with E-state index in [0.717, 1.165) is 0 Å². The summed E-state index contributed by atoms with van der Waals surface area (Å²) in [5.74, 6) is -0.369. The van der Waals surface area contributed by atoms with E-state index in [0.29, 0.717) is 16.5 Å². The van der Waals surface area contributed by atoms with E-state index in [-0.39, 0.29) is 11.3 Å². The Morgan fingerprint density at radius 1 is 1.17 bits per heavy atom. The van der Waals surface area contributed by atoms with Crippen LogP contribution in [0.25, 0.3) is 0 Å². The molecule has 2 amide bonds. The van der Waals surface area contributed by atoms with Crippen LogP contribution in [0.5, 0.6) is 11.5 Å². The molecule has 1 atom stereocenters. The summed E-state index contributed by atoms with van der Waals surface area (Å²) in [6.07, 6.45) is -0.866. The number of hydrogen-bond donors (Lipinski definition) is 2. The first-order valence-electron chi connectivity index (χ1n) is 7.12. The molecule has 0 heterocycles. The van der Waals surface area contributed by atoms with Crippen molar-refractivity contribution in [3.8, 4) is 11.5 Å². The summed E-state index contributed by atoms with van der Waals surface area (Å²) >= 11 is 5.84. The normalized spacial score (nSPS) is 11.5. The van der Waals surface area contributed by atoms with Crippen molar-refractivity contribution in [1.29, 1.82) is 0 Å². The highest BCUT2D eigenvalue weighted by Gasteiger charge is 2.19. The van der Waals surface area contributed by atoms with Gasteiger partial charge in [0.25, 0.3) is 11.8 Å². The number of nitrogens with one attached hydrogen (secondary N) is 1. The first-order chi connectivity index (χ1) is 11.4. The number of para-hydroxylation sites is 2. The van der Waals surface area contributed by atoms with Crippen LogP contribution in [-0.2, 0) is 4.79 Å². The fraction of sp³-hybridized carbons (Fsp3) is 0.176. The third-order valence-corrected chi connectivity index (χ3v) is 3.48. The highest BCUT2D eigenvalue weighted by atomic mass is 35.5. The minimum atomic E-state index is -0.866. The lowest BCUT2D eigenvalue weighted by molar-refractivity contribution is -0.122. The number of halogens is 1. The average Bonchev–Trinajstić information content (AvgIpc) is 2.56. The summed E-state index contributed by atoms with van der Waals surface area (Å²) in [6.45, 7) is 1.56. The van der Waals surface area contributed by atoms with Gasteiger partial charge in [-0.3, -0.25) is 9.59 Å². The van der Waals surface area contributed by atoms with Crippen LogP contribution in [0.2, 0.25) is 5.02 Å². The summed E-state index contributed by atoms with van der Waals surface area (Å²) in [7, 11) is 1.51. The van der Waals surface area contributed by atoms with Crippen LogP contribution in [0.3, 0.4) is 0 Å². The summed E-state index contributed by atoms with van der Waals surface area (Å²) < 4.78 is 10.7. The second-order valence-corrected chi connectivity index (χ2v) is 5.39. The van der Waals surface area contributed by atoms with Gasteiger partial charge in [0.15, 0.2) is 6.10 Å². The van der Waals surface area contributed by atoms with Gasteiger partial charge in [0.2, 0.25) is 0 Å². The number of carbonyl (C=O) groups is 2. The molecule has 0 radical (unpaired) electrons. The highest BCUT2D eigenvalue weighted by Crippen LogP contribution is 2.25. The molecule has 0 saturated heterocycles. The second-order valence-electron chi connectivity index (χ2n) is 4.95. The summed E-state index contributed by atoms with van der Waals surface area (Å²) in [5, 5.41) is 3.06. The van der Waals surface area contributed by atoms with Gasteiger partial charge < -0.3 is 20.5 Å². The molecular formula is C17H17ClN2O4. The van der Waals surface area contributed by atoms with Crippen LogP contribution in [0, 0.1) is 0 Å². The molecule has 1 unspecified atom stereocenters. The van der Waals surface area contributed by atoms with Crippen molar-refractivity contribution in [2.24, 2.45) is 5.73 Å². The van der Waals surface area contributed by atoms with E-state index in [4.69, 9.17) is 26.8 Å². The van der Waals surface area contributed by atoms with Gasteiger partial charge in [0.05, 0.1) is 18.4 Å². The fourth-order valence-electron chi connectivity index (χ4n) is 2.02. The predicted molar refractivity (Wildman–Crippen MR) is 91.7 cm³/mol. The second kappa shape index (κ2) is 7.70. The zero-order chi connectivity index (χ0) is 17.7. The third-order valence-electron chi connectivity index (χ3n) is 3.24. The van der Waals surface area contributed by atoms with Crippen molar-refractivity contribution in [2.45, 2.75) is 13.0 Å². The molecule has 0 spiro atoms. The molecule has 3 N–H and O–H groups in total. The smallest absolute Gasteiger partial charge is 0.265 e. The van der Waals surface area contributed by atoms with Gasteiger partial charge in [-0.25, -0.2) is 0 Å². The number of methoxy groups -OCH3 is 1. The molecule has 0 aromatic heterocycles. The molecule has 7 heteroatoms. The molecule has 0 aliphatic heterocycles. The minimum Gasteiger partial charge on any atom is -0.495 e. The maximum Gasteiger partial charge on any atom is 0.265 e. The van der Waals surface area contributed by atoms with Crippen LogP contribution in [0.15, 0.2) is 42.5 Å². The average molecular weight is 349 g/mol. The van der Waals surface area contributed by atoms with Crippen molar-refractivity contribution >= 4 is 29.1 Å². The number of nitrogens with two attached hydrogens (primary N) is 1. The van der Waals surface area contributed by atoms with Gasteiger partial charge in [-0.05, 0) is 37.3 Å². The molecule has 2 aromatic rings. The van der Waals surface area contributed by atoms with Crippen molar-refractivity contribution in [3.05, 3.63) is 53.1 Å². The Labute approximate surface area is 144 Å². The molecule has 2 aromatic carbocycles. The lowest BCUT2D eigenvalue weighted by Gasteiger charge is -2.17. The standard InChI is InChI=1S/C17H17ClN2O4/c1-10(17(22)20-13-5-3-4-6-15(13)23-2)24-14-8-7-11(18)9-12(14)16(19)21/h3-10H,1-2H3,(H2,19,21)(H,20,22). The molecule has 0 aliphatic carbocycles. The number of carbonyl (C=O) groups excluding carboxylic acids is 2. The fourth-order valence-corrected chi connectivity index (χ4v) is 2.20. The SMILES string of the molecule is COc1ccccc1NC(=O)C(C)Oc1ccc(Cl)cc1C(N)=O. The first kappa shape index (κ1) is 17.6. The van der Waals surface area contributed by atoms with Crippen molar-refractivity contribution in [1.82, 2.24) is 0 Å². The molecule has 0 bridgehead atoms. The summed E-state index contributed by atoms with van der Waals surface area (Å²) in [4.78, 5) is 23.8. The zero-order valence-electron chi connectivity index (χ0n) is 13.2. The summed E-state index contributed by atoms with van der Waals surface area (Å²) in [6, 6.07) is 11.4. The van der Waals surface area contributed by atoms with Gasteiger partial charge in [-0.15, -0.1) is 0 Å². The van der Waals surface area contributed by atoms with Crippen LogP contribution >= 0.6 is 11.6 Å². The summed E-state index contributed by atoms with van der Waals surface area (Å²) in [5.41, 5.74) is 5.93. The molecule has 24 heavy (non-hydrogen) atoms. The largest absolute Gasteiger partial charge is 0.495 e. The number of hydrogen-bond acceptors (Lipinski definition) is 4. The quantitative estimate of drug-likeness (QED) is 0.839. The molecular weight excluding hydrogens is 332 g/mol. The van der Waals surface area contributed by atoms with Gasteiger partial charge in [0.1, 0.15) is 11.5 Å². The Morgan fingerprint density at radius 3 is 2.54 bits per heavy atom. The van der Waals surface area contributed by atoms with Gasteiger partial charge in [-0.2, -0.15) is 0 Å². The van der Waals surface area contributed by atoms with Crippen molar-refractivity contribution in [2.75, 3.05) is 12.4 Å². The Bertz CT molecular complexity index is 764. The van der Waals surface area contributed by atoms with E-state index in [1.165, 1.54) is 19.2 Å². The predicted octanol–water partition coefficient (Wildman–Crippen LogP) is 2.85. The minimum absolute atomic E-state index is 0.111. The maximum absolute atomic E-state index is 12.3. The maximum atomic E-state index is 12.3. The van der Waals surface area contributed by atoms with E-state index in [2.05, 4.69) is 5.32 Å². The number of ether oxygens (including phenoxy) is 2. The van der Waals surface area contributed by atoms with Crippen LogP contribution < -0.4 is 20.5 Å². The van der Waals surface area contributed by atoms with Gasteiger partial charge in [-0.1, -0.05) is 23.7 Å². The highest BCUT2D eigenvalue weighted by molar-refractivity contribution is 6.31. The van der Waals surface area contributed by atoms with Gasteiger partial charge in [0, 0.05) is 5.02 Å². The number of rotatable bonds is 6. The third kappa shape index (κ3) is 4.17. The molecule has 0 aliphatic rings. The van der Waals surface area contributed by atoms with E-state index in [9.17, 15) is 9.59 Å².